The van der Waals surface area contributed by atoms with Gasteiger partial charge in [0.25, 0.3) is 5.91 Å². The number of hydrogen-bond acceptors (Lipinski definition) is 3. The smallest absolute Gasteiger partial charge is 0.272 e. The van der Waals surface area contributed by atoms with E-state index in [2.05, 4.69) is 17.1 Å². The summed E-state index contributed by atoms with van der Waals surface area (Å²) in [6, 6.07) is 23.7. The van der Waals surface area contributed by atoms with E-state index in [4.69, 9.17) is 4.74 Å². The largest absolute Gasteiger partial charge is 0.497 e. The molecule has 0 aliphatic heterocycles. The summed E-state index contributed by atoms with van der Waals surface area (Å²) in [7, 11) is 3.47. The normalized spacial score (nSPS) is 10.9. The van der Waals surface area contributed by atoms with Gasteiger partial charge in [0.05, 0.1) is 12.6 Å². The van der Waals surface area contributed by atoms with Crippen molar-refractivity contribution in [3.05, 3.63) is 84.1 Å². The van der Waals surface area contributed by atoms with Crippen molar-refractivity contribution < 1.29 is 9.53 Å². The number of ether oxygens (including phenoxy) is 1. The molecule has 0 atom stereocenters. The van der Waals surface area contributed by atoms with E-state index in [1.165, 1.54) is 0 Å². The van der Waals surface area contributed by atoms with E-state index in [9.17, 15) is 4.79 Å². The van der Waals surface area contributed by atoms with Crippen LogP contribution in [0.15, 0.2) is 72.8 Å². The fourth-order valence-electron chi connectivity index (χ4n) is 3.22. The molecular weight excluding hydrogens is 336 g/mol. The maximum absolute atomic E-state index is 12.8. The first-order chi connectivity index (χ1) is 13.1. The molecule has 0 saturated heterocycles. The van der Waals surface area contributed by atoms with Crippen LogP contribution in [0.5, 0.6) is 5.75 Å². The molecule has 0 spiro atoms. The Morgan fingerprint density at radius 2 is 1.67 bits per heavy atom. The Kier molecular flexibility index (Phi) is 4.47. The first-order valence-corrected chi connectivity index (χ1v) is 8.82. The third-order valence-corrected chi connectivity index (χ3v) is 4.70. The number of para-hydroxylation sites is 1. The van der Waals surface area contributed by atoms with Crippen LogP contribution in [0.25, 0.3) is 21.7 Å². The predicted molar refractivity (Wildman–Crippen MR) is 108 cm³/mol. The summed E-state index contributed by atoms with van der Waals surface area (Å²) in [5.74, 6) is 0.750. The van der Waals surface area contributed by atoms with E-state index in [1.807, 2.05) is 54.6 Å². The Morgan fingerprint density at radius 3 is 2.52 bits per heavy atom. The molecule has 4 nitrogen and oxygen atoms in total. The lowest BCUT2D eigenvalue weighted by Gasteiger charge is -2.17. The summed E-state index contributed by atoms with van der Waals surface area (Å²) in [5, 5.41) is 3.27. The van der Waals surface area contributed by atoms with Crippen LogP contribution in [0.4, 0.5) is 0 Å². The van der Waals surface area contributed by atoms with E-state index in [0.29, 0.717) is 12.2 Å². The third kappa shape index (κ3) is 3.47. The lowest BCUT2D eigenvalue weighted by Crippen LogP contribution is -2.27. The van der Waals surface area contributed by atoms with Gasteiger partial charge in [-0.3, -0.25) is 4.79 Å². The van der Waals surface area contributed by atoms with Gasteiger partial charge in [-0.25, -0.2) is 4.98 Å². The van der Waals surface area contributed by atoms with Gasteiger partial charge in [0.1, 0.15) is 11.4 Å². The molecular formula is C23H20N2O2. The fraction of sp³-hybridized carbons (Fsp3) is 0.130. The van der Waals surface area contributed by atoms with Crippen LogP contribution in [-0.4, -0.2) is 29.9 Å². The molecule has 1 amide bonds. The molecule has 0 N–H and O–H groups in total. The van der Waals surface area contributed by atoms with Gasteiger partial charge in [0.2, 0.25) is 0 Å². The van der Waals surface area contributed by atoms with Crippen LogP contribution in [0, 0.1) is 0 Å². The first-order valence-electron chi connectivity index (χ1n) is 8.82. The zero-order valence-electron chi connectivity index (χ0n) is 15.3. The first kappa shape index (κ1) is 17.0. The molecule has 1 heterocycles. The maximum Gasteiger partial charge on any atom is 0.272 e. The summed E-state index contributed by atoms with van der Waals surface area (Å²) >= 11 is 0. The average molecular weight is 356 g/mol. The van der Waals surface area contributed by atoms with Crippen molar-refractivity contribution in [3.8, 4) is 5.75 Å². The number of aromatic nitrogens is 1. The van der Waals surface area contributed by atoms with Crippen molar-refractivity contribution in [1.82, 2.24) is 9.88 Å². The van der Waals surface area contributed by atoms with E-state index >= 15 is 0 Å². The molecule has 4 rings (SSSR count). The molecule has 1 aromatic heterocycles. The van der Waals surface area contributed by atoms with E-state index in [-0.39, 0.29) is 5.91 Å². The molecule has 0 unspecified atom stereocenters. The number of benzene rings is 3. The second-order valence-corrected chi connectivity index (χ2v) is 6.60. The predicted octanol–water partition coefficient (Wildman–Crippen LogP) is 4.67. The monoisotopic (exact) mass is 356 g/mol. The van der Waals surface area contributed by atoms with Crippen molar-refractivity contribution >= 4 is 27.6 Å². The zero-order chi connectivity index (χ0) is 18.8. The van der Waals surface area contributed by atoms with Crippen molar-refractivity contribution in [2.75, 3.05) is 14.2 Å². The number of fused-ring (bicyclic) bond motifs is 2. The van der Waals surface area contributed by atoms with Crippen LogP contribution in [0.1, 0.15) is 16.1 Å². The summed E-state index contributed by atoms with van der Waals surface area (Å²) < 4.78 is 5.27. The molecule has 4 aromatic rings. The van der Waals surface area contributed by atoms with Crippen LogP contribution >= 0.6 is 0 Å². The van der Waals surface area contributed by atoms with E-state index < -0.39 is 0 Å². The van der Waals surface area contributed by atoms with Gasteiger partial charge in [-0.05, 0) is 46.7 Å². The fourth-order valence-corrected chi connectivity index (χ4v) is 3.22. The number of carbonyl (C=O) groups excluding carboxylic acids is 1. The molecule has 134 valence electrons. The molecule has 4 heteroatoms. The van der Waals surface area contributed by atoms with Crippen molar-refractivity contribution in [3.63, 3.8) is 0 Å². The number of amides is 1. The van der Waals surface area contributed by atoms with Crippen LogP contribution in [-0.2, 0) is 6.54 Å². The number of carbonyl (C=O) groups is 1. The van der Waals surface area contributed by atoms with Crippen LogP contribution in [0.3, 0.4) is 0 Å². The Morgan fingerprint density at radius 1 is 0.926 bits per heavy atom. The maximum atomic E-state index is 12.8. The summed E-state index contributed by atoms with van der Waals surface area (Å²) in [5.41, 5.74) is 2.36. The van der Waals surface area contributed by atoms with Gasteiger partial charge >= 0.3 is 0 Å². The quantitative estimate of drug-likeness (QED) is 0.534. The number of hydrogen-bond donors (Lipinski definition) is 0. The van der Waals surface area contributed by atoms with E-state index in [1.54, 1.807) is 25.1 Å². The van der Waals surface area contributed by atoms with Crippen molar-refractivity contribution in [2.24, 2.45) is 0 Å². The van der Waals surface area contributed by atoms with Crippen molar-refractivity contribution in [1.29, 1.82) is 0 Å². The molecule has 0 aliphatic rings. The van der Waals surface area contributed by atoms with E-state index in [0.717, 1.165) is 33.0 Å². The number of pyridine rings is 1. The van der Waals surface area contributed by atoms with Crippen LogP contribution < -0.4 is 4.74 Å². The Labute approximate surface area is 158 Å². The summed E-state index contributed by atoms with van der Waals surface area (Å²) in [6.07, 6.45) is 0. The van der Waals surface area contributed by atoms with Gasteiger partial charge in [-0.2, -0.15) is 0 Å². The van der Waals surface area contributed by atoms with Gasteiger partial charge < -0.3 is 9.64 Å². The number of nitrogens with zero attached hydrogens (tertiary/aromatic N) is 2. The SMILES string of the molecule is COc1ccc2cc(CN(C)C(=O)c3ccc4ccccc4n3)ccc2c1. The van der Waals surface area contributed by atoms with Gasteiger partial charge in [-0.15, -0.1) is 0 Å². The highest BCUT2D eigenvalue weighted by molar-refractivity contribution is 5.94. The standard InChI is InChI=1S/C23H20N2O2/c1-25(23(26)22-12-10-17-5-3-4-6-21(17)24-22)15-16-7-8-19-14-20(27-2)11-9-18(19)13-16/h3-14H,15H2,1-2H3. The molecule has 0 aliphatic carbocycles. The molecule has 0 bridgehead atoms. The summed E-state index contributed by atoms with van der Waals surface area (Å²) in [4.78, 5) is 19.0. The van der Waals surface area contributed by atoms with Crippen molar-refractivity contribution in [2.45, 2.75) is 6.54 Å². The average Bonchev–Trinajstić information content (AvgIpc) is 2.72. The highest BCUT2D eigenvalue weighted by Gasteiger charge is 2.14. The second kappa shape index (κ2) is 7.08. The number of methoxy groups -OCH3 is 1. The lowest BCUT2D eigenvalue weighted by molar-refractivity contribution is 0.0780. The Bertz CT molecular complexity index is 1140. The zero-order valence-corrected chi connectivity index (χ0v) is 15.3. The van der Waals surface area contributed by atoms with Gasteiger partial charge in [-0.1, -0.05) is 42.5 Å². The molecule has 3 aromatic carbocycles. The van der Waals surface area contributed by atoms with Crippen LogP contribution in [0.2, 0.25) is 0 Å². The molecule has 0 radical (unpaired) electrons. The minimum absolute atomic E-state index is 0.0874. The van der Waals surface area contributed by atoms with Gasteiger partial charge in [0.15, 0.2) is 0 Å². The third-order valence-electron chi connectivity index (χ3n) is 4.70. The topological polar surface area (TPSA) is 42.4 Å². The summed E-state index contributed by atoms with van der Waals surface area (Å²) in [6.45, 7) is 0.523. The Hall–Kier alpha value is -3.40. The highest BCUT2D eigenvalue weighted by Crippen LogP contribution is 2.22. The number of rotatable bonds is 4. The minimum atomic E-state index is -0.0874. The molecule has 0 saturated carbocycles. The second-order valence-electron chi connectivity index (χ2n) is 6.60. The van der Waals surface area contributed by atoms with Gasteiger partial charge in [0, 0.05) is 19.0 Å². The highest BCUT2D eigenvalue weighted by atomic mass is 16.5. The molecule has 27 heavy (non-hydrogen) atoms. The minimum Gasteiger partial charge on any atom is -0.497 e. The Balaban J connectivity index is 1.55. The molecule has 0 fully saturated rings. The lowest BCUT2D eigenvalue weighted by atomic mass is 10.1.